The van der Waals surface area contributed by atoms with Crippen molar-refractivity contribution < 1.29 is 13.2 Å². The molecule has 0 heterocycles. The molecule has 184 valence electrons. The SMILES string of the molecule is C/C(=N/NC(=O)CN(c1cc(C)cc(C)c1)S(=O)(=O)c1ccccc1)c1ccc(C(C)(C)C)cc1. The van der Waals surface area contributed by atoms with Crippen LogP contribution >= 0.6 is 0 Å². The molecular weight excluding hydrogens is 458 g/mol. The first-order valence-corrected chi connectivity index (χ1v) is 12.9. The van der Waals surface area contributed by atoms with Crippen LogP contribution in [0.2, 0.25) is 0 Å². The molecule has 0 atom stereocenters. The normalized spacial score (nSPS) is 12.3. The Balaban J connectivity index is 1.85. The maximum atomic E-state index is 13.5. The van der Waals surface area contributed by atoms with E-state index in [0.29, 0.717) is 11.4 Å². The molecule has 0 aliphatic carbocycles. The number of amides is 1. The molecule has 0 spiro atoms. The van der Waals surface area contributed by atoms with E-state index in [9.17, 15) is 13.2 Å². The van der Waals surface area contributed by atoms with Crippen molar-refractivity contribution in [2.24, 2.45) is 5.10 Å². The highest BCUT2D eigenvalue weighted by molar-refractivity contribution is 7.92. The molecule has 35 heavy (non-hydrogen) atoms. The van der Waals surface area contributed by atoms with Crippen LogP contribution < -0.4 is 9.73 Å². The maximum Gasteiger partial charge on any atom is 0.264 e. The number of hydrogen-bond acceptors (Lipinski definition) is 4. The quantitative estimate of drug-likeness (QED) is 0.358. The smallest absolute Gasteiger partial charge is 0.264 e. The van der Waals surface area contributed by atoms with E-state index in [4.69, 9.17) is 0 Å². The summed E-state index contributed by atoms with van der Waals surface area (Å²) >= 11 is 0. The summed E-state index contributed by atoms with van der Waals surface area (Å²) in [5.41, 5.74) is 7.51. The third-order valence-corrected chi connectivity index (χ3v) is 7.42. The summed E-state index contributed by atoms with van der Waals surface area (Å²) < 4.78 is 28.1. The number of carbonyl (C=O) groups excluding carboxylic acids is 1. The van der Waals surface area contributed by atoms with Crippen LogP contribution in [-0.4, -0.2) is 26.6 Å². The van der Waals surface area contributed by atoms with E-state index in [2.05, 4.69) is 31.3 Å². The average molecular weight is 492 g/mol. The highest BCUT2D eigenvalue weighted by atomic mass is 32.2. The van der Waals surface area contributed by atoms with E-state index >= 15 is 0 Å². The molecular formula is C28H33N3O3S. The van der Waals surface area contributed by atoms with Gasteiger partial charge in [0.25, 0.3) is 15.9 Å². The third kappa shape index (κ3) is 6.57. The van der Waals surface area contributed by atoms with Crippen molar-refractivity contribution in [2.75, 3.05) is 10.8 Å². The zero-order valence-electron chi connectivity index (χ0n) is 21.2. The summed E-state index contributed by atoms with van der Waals surface area (Å²) in [5, 5.41) is 4.22. The van der Waals surface area contributed by atoms with Crippen molar-refractivity contribution in [1.29, 1.82) is 0 Å². The van der Waals surface area contributed by atoms with Gasteiger partial charge in [0.15, 0.2) is 0 Å². The van der Waals surface area contributed by atoms with E-state index in [-0.39, 0.29) is 10.3 Å². The number of anilines is 1. The minimum absolute atomic E-state index is 0.0413. The van der Waals surface area contributed by atoms with Crippen molar-refractivity contribution in [3.63, 3.8) is 0 Å². The van der Waals surface area contributed by atoms with Gasteiger partial charge in [-0.05, 0) is 72.7 Å². The van der Waals surface area contributed by atoms with Gasteiger partial charge in [-0.2, -0.15) is 5.10 Å². The van der Waals surface area contributed by atoms with Crippen LogP contribution in [0.15, 0.2) is 82.8 Å². The predicted octanol–water partition coefficient (Wildman–Crippen LogP) is 5.34. The summed E-state index contributed by atoms with van der Waals surface area (Å²) in [5.74, 6) is -0.533. The molecule has 1 amide bonds. The lowest BCUT2D eigenvalue weighted by atomic mass is 9.86. The topological polar surface area (TPSA) is 78.8 Å². The fourth-order valence-electron chi connectivity index (χ4n) is 3.72. The van der Waals surface area contributed by atoms with Gasteiger partial charge < -0.3 is 0 Å². The molecule has 0 aliphatic rings. The van der Waals surface area contributed by atoms with Crippen LogP contribution in [0.5, 0.6) is 0 Å². The Hall–Kier alpha value is -3.45. The van der Waals surface area contributed by atoms with Crippen molar-refractivity contribution in [3.8, 4) is 0 Å². The monoisotopic (exact) mass is 491 g/mol. The Labute approximate surface area is 208 Å². The first-order chi connectivity index (χ1) is 16.4. The molecule has 3 aromatic rings. The third-order valence-electron chi connectivity index (χ3n) is 5.63. The van der Waals surface area contributed by atoms with E-state index in [1.807, 2.05) is 44.2 Å². The Bertz CT molecular complexity index is 1300. The van der Waals surface area contributed by atoms with Crippen LogP contribution in [0.3, 0.4) is 0 Å². The van der Waals surface area contributed by atoms with Crippen LogP contribution in [-0.2, 0) is 20.2 Å². The molecule has 3 rings (SSSR count). The number of sulfonamides is 1. The lowest BCUT2D eigenvalue weighted by Gasteiger charge is -2.24. The Kier molecular flexibility index (Phi) is 7.80. The molecule has 1 N–H and O–H groups in total. The number of benzene rings is 3. The molecule has 0 radical (unpaired) electrons. The number of nitrogens with zero attached hydrogens (tertiary/aromatic N) is 2. The van der Waals surface area contributed by atoms with E-state index < -0.39 is 22.5 Å². The van der Waals surface area contributed by atoms with Gasteiger partial charge in [-0.25, -0.2) is 13.8 Å². The summed E-state index contributed by atoms with van der Waals surface area (Å²) in [6.07, 6.45) is 0. The molecule has 0 saturated heterocycles. The highest BCUT2D eigenvalue weighted by Crippen LogP contribution is 2.26. The minimum atomic E-state index is -3.97. The van der Waals surface area contributed by atoms with Gasteiger partial charge in [0.05, 0.1) is 16.3 Å². The number of rotatable bonds is 7. The maximum absolute atomic E-state index is 13.5. The largest absolute Gasteiger partial charge is 0.271 e. The fraction of sp³-hybridized carbons (Fsp3) is 0.286. The Morgan fingerprint density at radius 2 is 1.49 bits per heavy atom. The van der Waals surface area contributed by atoms with Gasteiger partial charge in [-0.15, -0.1) is 0 Å². The summed E-state index contributed by atoms with van der Waals surface area (Å²) in [6.45, 7) is 11.6. The van der Waals surface area contributed by atoms with Crippen LogP contribution in [0.1, 0.15) is 49.9 Å². The number of nitrogens with one attached hydrogen (secondary N) is 1. The van der Waals surface area contributed by atoms with Crippen molar-refractivity contribution in [2.45, 2.75) is 51.9 Å². The van der Waals surface area contributed by atoms with Crippen LogP contribution in [0, 0.1) is 13.8 Å². The second-order valence-corrected chi connectivity index (χ2v) is 11.6. The van der Waals surface area contributed by atoms with Gasteiger partial charge in [0.2, 0.25) is 0 Å². The molecule has 0 unspecified atom stereocenters. The Morgan fingerprint density at radius 1 is 0.914 bits per heavy atom. The lowest BCUT2D eigenvalue weighted by molar-refractivity contribution is -0.119. The number of hydrazone groups is 1. The molecule has 0 fully saturated rings. The summed E-state index contributed by atoms with van der Waals surface area (Å²) in [7, 11) is -3.97. The van der Waals surface area contributed by atoms with Gasteiger partial charge in [0, 0.05) is 0 Å². The second kappa shape index (κ2) is 10.4. The lowest BCUT2D eigenvalue weighted by Crippen LogP contribution is -2.39. The summed E-state index contributed by atoms with van der Waals surface area (Å²) in [4.78, 5) is 13.0. The van der Waals surface area contributed by atoms with E-state index in [0.717, 1.165) is 21.0 Å². The van der Waals surface area contributed by atoms with Crippen molar-refractivity contribution >= 4 is 27.3 Å². The van der Waals surface area contributed by atoms with Gasteiger partial charge in [-0.1, -0.05) is 69.3 Å². The molecule has 0 bridgehead atoms. The molecule has 0 aliphatic heterocycles. The van der Waals surface area contributed by atoms with E-state index in [1.54, 1.807) is 37.3 Å². The van der Waals surface area contributed by atoms with Crippen LogP contribution in [0.25, 0.3) is 0 Å². The van der Waals surface area contributed by atoms with Crippen LogP contribution in [0.4, 0.5) is 5.69 Å². The first kappa shape index (κ1) is 26.2. The number of hydrogen-bond donors (Lipinski definition) is 1. The first-order valence-electron chi connectivity index (χ1n) is 11.5. The summed E-state index contributed by atoms with van der Waals surface area (Å²) in [6, 6.07) is 21.6. The van der Waals surface area contributed by atoms with Crippen molar-refractivity contribution in [1.82, 2.24) is 5.43 Å². The average Bonchev–Trinajstić information content (AvgIpc) is 2.80. The number of aryl methyl sites for hydroxylation is 2. The molecule has 3 aromatic carbocycles. The van der Waals surface area contributed by atoms with Gasteiger partial charge >= 0.3 is 0 Å². The van der Waals surface area contributed by atoms with Gasteiger partial charge in [0.1, 0.15) is 6.54 Å². The predicted molar refractivity (Wildman–Crippen MR) is 142 cm³/mol. The molecule has 6 nitrogen and oxygen atoms in total. The zero-order valence-corrected chi connectivity index (χ0v) is 22.0. The fourth-order valence-corrected chi connectivity index (χ4v) is 5.14. The number of carbonyl (C=O) groups is 1. The van der Waals surface area contributed by atoms with Crippen molar-refractivity contribution in [3.05, 3.63) is 95.1 Å². The molecule has 0 aromatic heterocycles. The minimum Gasteiger partial charge on any atom is -0.271 e. The zero-order chi connectivity index (χ0) is 25.8. The second-order valence-electron chi connectivity index (χ2n) is 9.73. The Morgan fingerprint density at radius 3 is 2.03 bits per heavy atom. The van der Waals surface area contributed by atoms with E-state index in [1.165, 1.54) is 17.7 Å². The molecule has 7 heteroatoms. The molecule has 0 saturated carbocycles. The highest BCUT2D eigenvalue weighted by Gasteiger charge is 2.27. The van der Waals surface area contributed by atoms with Gasteiger partial charge in [-0.3, -0.25) is 9.10 Å². The standard InChI is InChI=1S/C28H33N3O3S/c1-20-16-21(2)18-25(17-20)31(35(33,34)26-10-8-7-9-11-26)19-27(32)30-29-22(3)23-12-14-24(15-13-23)28(4,5)6/h7-18H,19H2,1-6H3,(H,30,32)/b29-22-.